The largest absolute Gasteiger partial charge is 0.399 e. The van der Waals surface area contributed by atoms with Crippen molar-refractivity contribution in [1.29, 1.82) is 0 Å². The van der Waals surface area contributed by atoms with Gasteiger partial charge in [0.05, 0.1) is 19.1 Å². The van der Waals surface area contributed by atoms with Crippen molar-refractivity contribution in [3.63, 3.8) is 0 Å². The van der Waals surface area contributed by atoms with Gasteiger partial charge in [-0.05, 0) is 37.1 Å². The fraction of sp³-hybridized carbons (Fsp3) is 0.533. The van der Waals surface area contributed by atoms with Crippen molar-refractivity contribution in [3.05, 3.63) is 24.3 Å². The van der Waals surface area contributed by atoms with Crippen molar-refractivity contribution in [1.82, 2.24) is 0 Å². The number of rotatable bonds is 5. The number of ether oxygens (including phenoxy) is 1. The number of nitrogens with one attached hydrogen (secondary N) is 1. The lowest BCUT2D eigenvalue weighted by atomic mass is 9.98. The van der Waals surface area contributed by atoms with E-state index in [2.05, 4.69) is 5.32 Å². The maximum atomic E-state index is 11.7. The van der Waals surface area contributed by atoms with E-state index in [0.29, 0.717) is 24.8 Å². The zero-order valence-electron chi connectivity index (χ0n) is 11.2. The van der Waals surface area contributed by atoms with Crippen LogP contribution in [0.15, 0.2) is 24.3 Å². The van der Waals surface area contributed by atoms with E-state index in [1.54, 1.807) is 24.3 Å². The number of nitrogens with two attached hydrogens (primary N) is 1. The molecule has 0 bridgehead atoms. The summed E-state index contributed by atoms with van der Waals surface area (Å²) in [4.78, 5) is 11.7. The number of hydrogen-bond acceptors (Lipinski definition) is 3. The van der Waals surface area contributed by atoms with Crippen molar-refractivity contribution in [2.24, 2.45) is 0 Å². The molecule has 0 radical (unpaired) electrons. The van der Waals surface area contributed by atoms with Gasteiger partial charge < -0.3 is 15.8 Å². The smallest absolute Gasteiger partial charge is 0.226 e. The van der Waals surface area contributed by atoms with E-state index < -0.39 is 0 Å². The van der Waals surface area contributed by atoms with Crippen LogP contribution in [0.2, 0.25) is 0 Å². The van der Waals surface area contributed by atoms with Crippen LogP contribution >= 0.6 is 0 Å². The molecule has 1 aromatic rings. The van der Waals surface area contributed by atoms with Gasteiger partial charge in [-0.3, -0.25) is 4.79 Å². The molecule has 1 aromatic carbocycles. The van der Waals surface area contributed by atoms with Crippen molar-refractivity contribution in [3.8, 4) is 0 Å². The molecule has 0 saturated heterocycles. The summed E-state index contributed by atoms with van der Waals surface area (Å²) < 4.78 is 5.73. The maximum absolute atomic E-state index is 11.7. The predicted octanol–water partition coefficient (Wildman–Crippen LogP) is 2.95. The van der Waals surface area contributed by atoms with Crippen LogP contribution in [0.1, 0.15) is 38.5 Å². The zero-order valence-corrected chi connectivity index (χ0v) is 11.2. The average molecular weight is 262 g/mol. The van der Waals surface area contributed by atoms with Crippen molar-refractivity contribution in [2.75, 3.05) is 17.7 Å². The van der Waals surface area contributed by atoms with Gasteiger partial charge in [0, 0.05) is 11.4 Å². The number of nitrogen functional groups attached to an aromatic ring is 1. The highest BCUT2D eigenvalue weighted by Gasteiger charge is 2.13. The predicted molar refractivity (Wildman–Crippen MR) is 76.9 cm³/mol. The lowest BCUT2D eigenvalue weighted by Crippen LogP contribution is -2.20. The average Bonchev–Trinajstić information content (AvgIpc) is 2.43. The first-order chi connectivity index (χ1) is 9.24. The molecule has 0 aliphatic heterocycles. The van der Waals surface area contributed by atoms with E-state index in [4.69, 9.17) is 10.5 Å². The van der Waals surface area contributed by atoms with Crippen LogP contribution in [0.4, 0.5) is 11.4 Å². The molecule has 104 valence electrons. The minimum atomic E-state index is -0.0134. The first kappa shape index (κ1) is 13.9. The Bertz CT molecular complexity index is 397. The molecule has 0 spiro atoms. The molecule has 0 atom stereocenters. The Morgan fingerprint density at radius 3 is 2.58 bits per heavy atom. The third-order valence-corrected chi connectivity index (χ3v) is 3.43. The zero-order chi connectivity index (χ0) is 13.5. The molecule has 1 fully saturated rings. The van der Waals surface area contributed by atoms with Crippen LogP contribution in [-0.2, 0) is 9.53 Å². The molecule has 1 aliphatic carbocycles. The van der Waals surface area contributed by atoms with Crippen LogP contribution in [0.25, 0.3) is 0 Å². The first-order valence-corrected chi connectivity index (χ1v) is 7.01. The van der Waals surface area contributed by atoms with E-state index in [1.807, 2.05) is 0 Å². The second-order valence-electron chi connectivity index (χ2n) is 5.05. The molecule has 4 heteroatoms. The minimum Gasteiger partial charge on any atom is -0.399 e. The minimum absolute atomic E-state index is 0.0134. The Labute approximate surface area is 114 Å². The van der Waals surface area contributed by atoms with E-state index in [1.165, 1.54) is 19.3 Å². The molecule has 1 saturated carbocycles. The molecule has 4 nitrogen and oxygen atoms in total. The summed E-state index contributed by atoms with van der Waals surface area (Å²) in [6.45, 7) is 0.505. The summed E-state index contributed by atoms with van der Waals surface area (Å²) in [7, 11) is 0. The molecule has 19 heavy (non-hydrogen) atoms. The van der Waals surface area contributed by atoms with Gasteiger partial charge in [-0.2, -0.15) is 0 Å². The molecule has 1 amide bonds. The van der Waals surface area contributed by atoms with Gasteiger partial charge in [0.1, 0.15) is 0 Å². The Balaban J connectivity index is 1.65. The number of carbonyl (C=O) groups excluding carboxylic acids is 1. The quantitative estimate of drug-likeness (QED) is 0.802. The molecule has 3 N–H and O–H groups in total. The summed E-state index contributed by atoms with van der Waals surface area (Å²) in [5.41, 5.74) is 7.06. The monoisotopic (exact) mass is 262 g/mol. The first-order valence-electron chi connectivity index (χ1n) is 7.01. The fourth-order valence-corrected chi connectivity index (χ4v) is 2.34. The number of anilines is 2. The number of hydrogen-bond donors (Lipinski definition) is 2. The molecule has 0 heterocycles. The highest BCUT2D eigenvalue weighted by Crippen LogP contribution is 2.20. The van der Waals surface area contributed by atoms with Gasteiger partial charge in [-0.25, -0.2) is 0 Å². The van der Waals surface area contributed by atoms with Crippen LogP contribution in [0.5, 0.6) is 0 Å². The van der Waals surface area contributed by atoms with Crippen molar-refractivity contribution in [2.45, 2.75) is 44.6 Å². The summed E-state index contributed by atoms with van der Waals surface area (Å²) in [6.07, 6.45) is 6.86. The Morgan fingerprint density at radius 2 is 1.89 bits per heavy atom. The number of benzene rings is 1. The van der Waals surface area contributed by atoms with Crippen molar-refractivity contribution < 1.29 is 9.53 Å². The second kappa shape index (κ2) is 7.14. The molecule has 1 aliphatic rings. The second-order valence-corrected chi connectivity index (χ2v) is 5.05. The molecule has 0 unspecified atom stereocenters. The van der Waals surface area contributed by atoms with Gasteiger partial charge in [0.25, 0.3) is 0 Å². The molecule has 0 aromatic heterocycles. The third kappa shape index (κ3) is 4.91. The van der Waals surface area contributed by atoms with Crippen LogP contribution in [0, 0.1) is 0 Å². The Kier molecular flexibility index (Phi) is 5.21. The van der Waals surface area contributed by atoms with Crippen molar-refractivity contribution >= 4 is 17.3 Å². The molecular formula is C15H22N2O2. The number of carbonyl (C=O) groups is 1. The van der Waals surface area contributed by atoms with E-state index in [-0.39, 0.29) is 5.91 Å². The highest BCUT2D eigenvalue weighted by atomic mass is 16.5. The lowest BCUT2D eigenvalue weighted by Gasteiger charge is -2.21. The summed E-state index contributed by atoms with van der Waals surface area (Å²) in [6, 6.07) is 7.15. The van der Waals surface area contributed by atoms with E-state index in [0.717, 1.165) is 18.5 Å². The Morgan fingerprint density at radius 1 is 1.21 bits per heavy atom. The van der Waals surface area contributed by atoms with Gasteiger partial charge in [0.2, 0.25) is 5.91 Å². The maximum Gasteiger partial charge on any atom is 0.226 e. The highest BCUT2D eigenvalue weighted by molar-refractivity contribution is 5.90. The lowest BCUT2D eigenvalue weighted by molar-refractivity contribution is -0.117. The third-order valence-electron chi connectivity index (χ3n) is 3.43. The van der Waals surface area contributed by atoms with E-state index >= 15 is 0 Å². The van der Waals surface area contributed by atoms with Gasteiger partial charge in [-0.15, -0.1) is 0 Å². The van der Waals surface area contributed by atoms with E-state index in [9.17, 15) is 4.79 Å². The standard InChI is InChI=1S/C15H22N2O2/c16-12-6-8-13(9-7-12)17-15(18)10-11-19-14-4-2-1-3-5-14/h6-9,14H,1-5,10-11,16H2,(H,17,18). The number of amides is 1. The SMILES string of the molecule is Nc1ccc(NC(=O)CCOC2CCCCC2)cc1. The topological polar surface area (TPSA) is 64.3 Å². The summed E-state index contributed by atoms with van der Waals surface area (Å²) in [5.74, 6) is -0.0134. The Hall–Kier alpha value is -1.55. The van der Waals surface area contributed by atoms with Crippen LogP contribution in [0.3, 0.4) is 0 Å². The summed E-state index contributed by atoms with van der Waals surface area (Å²) >= 11 is 0. The van der Waals surface area contributed by atoms with Crippen LogP contribution < -0.4 is 11.1 Å². The fourth-order valence-electron chi connectivity index (χ4n) is 2.34. The van der Waals surface area contributed by atoms with Gasteiger partial charge in [0.15, 0.2) is 0 Å². The molecule has 2 rings (SSSR count). The van der Waals surface area contributed by atoms with Crippen LogP contribution in [-0.4, -0.2) is 18.6 Å². The summed E-state index contributed by atoms with van der Waals surface area (Å²) in [5, 5.41) is 2.83. The normalized spacial score (nSPS) is 16.2. The van der Waals surface area contributed by atoms with Gasteiger partial charge in [-0.1, -0.05) is 19.3 Å². The van der Waals surface area contributed by atoms with Gasteiger partial charge >= 0.3 is 0 Å². The molecular weight excluding hydrogens is 240 g/mol.